The maximum Gasteiger partial charge on any atom is 0.0952 e. The summed E-state index contributed by atoms with van der Waals surface area (Å²) in [5.74, 6) is 2.41. The van der Waals surface area contributed by atoms with Gasteiger partial charge in [0.25, 0.3) is 0 Å². The van der Waals surface area contributed by atoms with Crippen LogP contribution >= 0.6 is 24.2 Å². The molecule has 1 aromatic rings. The van der Waals surface area contributed by atoms with Gasteiger partial charge in [-0.3, -0.25) is 0 Å². The summed E-state index contributed by atoms with van der Waals surface area (Å²) < 4.78 is 0. The largest absolute Gasteiger partial charge is 0.385 e. The van der Waals surface area contributed by atoms with Gasteiger partial charge in [0.15, 0.2) is 0 Å². The maximum absolute atomic E-state index is 11.0. The van der Waals surface area contributed by atoms with E-state index in [2.05, 4.69) is 31.1 Å². The highest BCUT2D eigenvalue weighted by Crippen LogP contribution is 2.40. The molecule has 102 valence electrons. The SMILES string of the molecule is CN(C)CC1CSCCC1(O)c1ccccc1.Cl. The van der Waals surface area contributed by atoms with Gasteiger partial charge in [-0.15, -0.1) is 12.4 Å². The monoisotopic (exact) mass is 287 g/mol. The minimum Gasteiger partial charge on any atom is -0.385 e. The molecule has 2 unspecified atom stereocenters. The first-order valence-corrected chi connectivity index (χ1v) is 7.29. The molecule has 0 amide bonds. The molecule has 1 heterocycles. The molecule has 1 aliphatic heterocycles. The topological polar surface area (TPSA) is 23.5 Å². The summed E-state index contributed by atoms with van der Waals surface area (Å²) in [4.78, 5) is 2.17. The molecule has 4 heteroatoms. The third-order valence-electron chi connectivity index (χ3n) is 3.48. The highest BCUT2D eigenvalue weighted by atomic mass is 35.5. The van der Waals surface area contributed by atoms with Crippen molar-refractivity contribution in [3.05, 3.63) is 35.9 Å². The van der Waals surface area contributed by atoms with Crippen LogP contribution in [-0.2, 0) is 5.60 Å². The lowest BCUT2D eigenvalue weighted by Gasteiger charge is -2.41. The van der Waals surface area contributed by atoms with Crippen LogP contribution in [0.2, 0.25) is 0 Å². The number of hydrogen-bond donors (Lipinski definition) is 1. The zero-order chi connectivity index (χ0) is 12.3. The fraction of sp³-hybridized carbons (Fsp3) is 0.571. The Morgan fingerprint density at radius 3 is 2.61 bits per heavy atom. The first-order chi connectivity index (χ1) is 8.13. The van der Waals surface area contributed by atoms with Crippen molar-refractivity contribution in [2.24, 2.45) is 5.92 Å². The van der Waals surface area contributed by atoms with E-state index in [4.69, 9.17) is 0 Å². The van der Waals surface area contributed by atoms with Crippen molar-refractivity contribution in [2.75, 3.05) is 32.1 Å². The molecule has 2 atom stereocenters. The van der Waals surface area contributed by atoms with Crippen molar-refractivity contribution in [1.29, 1.82) is 0 Å². The van der Waals surface area contributed by atoms with Gasteiger partial charge in [0.2, 0.25) is 0 Å². The van der Waals surface area contributed by atoms with Crippen LogP contribution in [0, 0.1) is 5.92 Å². The van der Waals surface area contributed by atoms with Crippen LogP contribution in [-0.4, -0.2) is 42.2 Å². The summed E-state index contributed by atoms with van der Waals surface area (Å²) in [6.45, 7) is 0.943. The fourth-order valence-corrected chi connectivity index (χ4v) is 3.83. The van der Waals surface area contributed by atoms with Crippen molar-refractivity contribution in [1.82, 2.24) is 4.90 Å². The van der Waals surface area contributed by atoms with Gasteiger partial charge in [0.1, 0.15) is 0 Å². The van der Waals surface area contributed by atoms with Gasteiger partial charge in [0, 0.05) is 18.2 Å². The van der Waals surface area contributed by atoms with Gasteiger partial charge in [-0.1, -0.05) is 30.3 Å². The van der Waals surface area contributed by atoms with Crippen molar-refractivity contribution >= 4 is 24.2 Å². The van der Waals surface area contributed by atoms with E-state index in [1.54, 1.807) is 0 Å². The Bertz CT molecular complexity index is 360. The summed E-state index contributed by atoms with van der Waals surface area (Å²) in [7, 11) is 4.15. The van der Waals surface area contributed by atoms with E-state index in [9.17, 15) is 5.11 Å². The van der Waals surface area contributed by atoms with E-state index in [1.165, 1.54) is 0 Å². The minimum atomic E-state index is -0.642. The second-order valence-corrected chi connectivity index (χ2v) is 6.22. The Kier molecular flexibility index (Phi) is 5.99. The normalized spacial score (nSPS) is 27.9. The minimum absolute atomic E-state index is 0. The number of nitrogens with zero attached hydrogens (tertiary/aromatic N) is 1. The first-order valence-electron chi connectivity index (χ1n) is 6.13. The van der Waals surface area contributed by atoms with Crippen LogP contribution in [0.25, 0.3) is 0 Å². The van der Waals surface area contributed by atoms with Crippen LogP contribution in [0.5, 0.6) is 0 Å². The summed E-state index contributed by atoms with van der Waals surface area (Å²) >= 11 is 1.96. The summed E-state index contributed by atoms with van der Waals surface area (Å²) in [5, 5.41) is 11.0. The molecule has 1 aliphatic rings. The molecular formula is C14H22ClNOS. The molecule has 0 aliphatic carbocycles. The molecule has 0 spiro atoms. The fourth-order valence-electron chi connectivity index (χ4n) is 2.55. The maximum atomic E-state index is 11.0. The lowest BCUT2D eigenvalue weighted by Crippen LogP contribution is -2.45. The van der Waals surface area contributed by atoms with Gasteiger partial charge in [-0.25, -0.2) is 0 Å². The van der Waals surface area contributed by atoms with Crippen LogP contribution < -0.4 is 0 Å². The van der Waals surface area contributed by atoms with Crippen LogP contribution in [0.1, 0.15) is 12.0 Å². The third kappa shape index (κ3) is 3.41. The standard InChI is InChI=1S/C14H21NOS.ClH/c1-15(2)10-13-11-17-9-8-14(13,16)12-6-4-3-5-7-12;/h3-7,13,16H,8-11H2,1-2H3;1H. The van der Waals surface area contributed by atoms with Crippen LogP contribution in [0.3, 0.4) is 0 Å². The zero-order valence-electron chi connectivity index (χ0n) is 11.0. The predicted molar refractivity (Wildman–Crippen MR) is 81.6 cm³/mol. The van der Waals surface area contributed by atoms with E-state index in [1.807, 2.05) is 30.0 Å². The molecular weight excluding hydrogens is 266 g/mol. The average molecular weight is 288 g/mol. The first kappa shape index (κ1) is 15.8. The molecule has 0 saturated carbocycles. The van der Waals surface area contributed by atoms with Crippen molar-refractivity contribution in [3.63, 3.8) is 0 Å². The third-order valence-corrected chi connectivity index (χ3v) is 4.61. The van der Waals surface area contributed by atoms with Crippen LogP contribution in [0.15, 0.2) is 30.3 Å². The molecule has 0 bridgehead atoms. The molecule has 1 fully saturated rings. The summed E-state index contributed by atoms with van der Waals surface area (Å²) in [6, 6.07) is 10.1. The van der Waals surface area contributed by atoms with Gasteiger partial charge < -0.3 is 10.0 Å². The second kappa shape index (κ2) is 6.80. The number of rotatable bonds is 3. The van der Waals surface area contributed by atoms with E-state index in [0.29, 0.717) is 5.92 Å². The van der Waals surface area contributed by atoms with Gasteiger partial charge in [-0.2, -0.15) is 11.8 Å². The molecule has 18 heavy (non-hydrogen) atoms. The highest BCUT2D eigenvalue weighted by Gasteiger charge is 2.40. The zero-order valence-corrected chi connectivity index (χ0v) is 12.6. The van der Waals surface area contributed by atoms with Gasteiger partial charge in [0.05, 0.1) is 5.60 Å². The average Bonchev–Trinajstić information content (AvgIpc) is 2.33. The predicted octanol–water partition coefficient (Wildman–Crippen LogP) is 2.61. The molecule has 0 aromatic heterocycles. The van der Waals surface area contributed by atoms with Crippen molar-refractivity contribution in [3.8, 4) is 0 Å². The number of thioether (sulfide) groups is 1. The van der Waals surface area contributed by atoms with Gasteiger partial charge >= 0.3 is 0 Å². The number of aliphatic hydroxyl groups is 1. The smallest absolute Gasteiger partial charge is 0.0952 e. The quantitative estimate of drug-likeness (QED) is 0.924. The van der Waals surface area contributed by atoms with Crippen LogP contribution in [0.4, 0.5) is 0 Å². The van der Waals surface area contributed by atoms with Gasteiger partial charge in [-0.05, 0) is 31.8 Å². The second-order valence-electron chi connectivity index (χ2n) is 5.07. The Morgan fingerprint density at radius 2 is 2.00 bits per heavy atom. The van der Waals surface area contributed by atoms with Crippen molar-refractivity contribution in [2.45, 2.75) is 12.0 Å². The molecule has 0 radical (unpaired) electrons. The lowest BCUT2D eigenvalue weighted by atomic mass is 9.79. The number of benzene rings is 1. The highest BCUT2D eigenvalue weighted by molar-refractivity contribution is 7.99. The summed E-state index contributed by atoms with van der Waals surface area (Å²) in [6.07, 6.45) is 0.861. The Hall–Kier alpha value is -0.220. The lowest BCUT2D eigenvalue weighted by molar-refractivity contribution is -0.0293. The molecule has 2 rings (SSSR count). The number of hydrogen-bond acceptors (Lipinski definition) is 3. The number of halogens is 1. The molecule has 1 aromatic carbocycles. The van der Waals surface area contributed by atoms with E-state index in [-0.39, 0.29) is 12.4 Å². The molecule has 2 nitrogen and oxygen atoms in total. The molecule has 1 N–H and O–H groups in total. The van der Waals surface area contributed by atoms with Crippen molar-refractivity contribution < 1.29 is 5.11 Å². The Balaban J connectivity index is 0.00000162. The Labute approximate surface area is 120 Å². The Morgan fingerprint density at radius 1 is 1.33 bits per heavy atom. The van der Waals surface area contributed by atoms with E-state index in [0.717, 1.165) is 30.0 Å². The molecule has 1 saturated heterocycles. The summed E-state index contributed by atoms with van der Waals surface area (Å²) in [5.41, 5.74) is 0.434. The van der Waals surface area contributed by atoms with E-state index >= 15 is 0 Å². The van der Waals surface area contributed by atoms with E-state index < -0.39 is 5.60 Å².